The van der Waals surface area contributed by atoms with Gasteiger partial charge in [-0.1, -0.05) is 12.1 Å². The Morgan fingerprint density at radius 1 is 1.18 bits per heavy atom. The number of hydrogen-bond acceptors (Lipinski definition) is 9. The highest BCUT2D eigenvalue weighted by Gasteiger charge is 2.68. The van der Waals surface area contributed by atoms with E-state index in [0.717, 1.165) is 11.3 Å². The summed E-state index contributed by atoms with van der Waals surface area (Å²) in [6.45, 7) is 3.80. The Bertz CT molecular complexity index is 1410. The summed E-state index contributed by atoms with van der Waals surface area (Å²) in [5.41, 5.74) is 2.09. The van der Waals surface area contributed by atoms with Crippen molar-refractivity contribution in [3.05, 3.63) is 35.5 Å². The standard InChI is InChI=1S/C20H18F3N7O.O2S/c1-4-11-8-12(15-26-18(31-29-15)19(5-6-19)20(21,22)23)9-24-14(11)17-25-13-7-10(2)27-28-16(13)30(17)3;1-3-2/h7-9H,4-6H2,1-3H3;. The average Bonchev–Trinajstić information content (AvgIpc) is 3.37. The summed E-state index contributed by atoms with van der Waals surface area (Å²) in [6, 6.07) is 3.65. The summed E-state index contributed by atoms with van der Waals surface area (Å²) in [6.07, 6.45) is -2.34. The molecule has 178 valence electrons. The van der Waals surface area contributed by atoms with E-state index in [1.54, 1.807) is 6.07 Å². The third-order valence-corrected chi connectivity index (χ3v) is 5.68. The molecule has 0 atom stereocenters. The van der Waals surface area contributed by atoms with Gasteiger partial charge in [0.15, 0.2) is 11.5 Å². The maximum absolute atomic E-state index is 13.3. The van der Waals surface area contributed by atoms with E-state index in [0.29, 0.717) is 34.7 Å². The van der Waals surface area contributed by atoms with Crippen molar-refractivity contribution in [3.8, 4) is 22.9 Å². The summed E-state index contributed by atoms with van der Waals surface area (Å²) < 4.78 is 63.4. The first-order chi connectivity index (χ1) is 16.1. The SMILES string of the molecule is CCc1cc(-c2noc(C3(C(F)(F)F)CC3)n2)cnc1-c1nc2cc(C)nnc2n1C.O=S=O. The summed E-state index contributed by atoms with van der Waals surface area (Å²) >= 11 is -0.750. The van der Waals surface area contributed by atoms with E-state index >= 15 is 0 Å². The van der Waals surface area contributed by atoms with Gasteiger partial charge in [-0.2, -0.15) is 31.7 Å². The predicted molar refractivity (Wildman–Crippen MR) is 113 cm³/mol. The molecule has 14 heteroatoms. The average molecular weight is 493 g/mol. The molecule has 4 aromatic heterocycles. The van der Waals surface area contributed by atoms with Crippen LogP contribution in [0.5, 0.6) is 0 Å². The van der Waals surface area contributed by atoms with Crippen molar-refractivity contribution in [2.24, 2.45) is 7.05 Å². The Hall–Kier alpha value is -3.55. The second-order valence-corrected chi connectivity index (χ2v) is 7.98. The smallest absolute Gasteiger partial charge is 0.338 e. The highest BCUT2D eigenvalue weighted by Crippen LogP contribution is 2.58. The lowest BCUT2D eigenvalue weighted by Gasteiger charge is -2.13. The van der Waals surface area contributed by atoms with Gasteiger partial charge in [0.1, 0.15) is 16.6 Å². The molecule has 0 radical (unpaired) electrons. The molecule has 0 unspecified atom stereocenters. The third kappa shape index (κ3) is 3.97. The Kier molecular flexibility index (Phi) is 6.02. The van der Waals surface area contributed by atoms with Crippen molar-refractivity contribution in [2.45, 2.75) is 44.7 Å². The Balaban J connectivity index is 0.000000868. The molecule has 1 aliphatic rings. The Morgan fingerprint density at radius 2 is 1.88 bits per heavy atom. The van der Waals surface area contributed by atoms with Gasteiger partial charge in [0, 0.05) is 18.8 Å². The zero-order valence-electron chi connectivity index (χ0n) is 18.3. The lowest BCUT2D eigenvalue weighted by Crippen LogP contribution is -2.28. The van der Waals surface area contributed by atoms with Gasteiger partial charge in [0.2, 0.25) is 11.7 Å². The van der Waals surface area contributed by atoms with Crippen LogP contribution in [0.25, 0.3) is 34.1 Å². The van der Waals surface area contributed by atoms with Crippen LogP contribution in [0.15, 0.2) is 22.9 Å². The van der Waals surface area contributed by atoms with Gasteiger partial charge in [-0.25, -0.2) is 4.98 Å². The van der Waals surface area contributed by atoms with Crippen molar-refractivity contribution >= 4 is 22.7 Å². The van der Waals surface area contributed by atoms with Crippen LogP contribution in [-0.4, -0.2) is 49.5 Å². The lowest BCUT2D eigenvalue weighted by atomic mass is 10.1. The van der Waals surface area contributed by atoms with E-state index in [1.165, 1.54) is 6.20 Å². The van der Waals surface area contributed by atoms with Crippen molar-refractivity contribution in [1.29, 1.82) is 0 Å². The highest BCUT2D eigenvalue weighted by molar-refractivity contribution is 7.51. The number of aromatic nitrogens is 7. The molecule has 0 N–H and O–H groups in total. The van der Waals surface area contributed by atoms with E-state index in [1.807, 2.05) is 31.5 Å². The molecular weight excluding hydrogens is 475 g/mol. The summed E-state index contributed by atoms with van der Waals surface area (Å²) in [5.74, 6) is 0.327. The first-order valence-electron chi connectivity index (χ1n) is 10.1. The minimum Gasteiger partial charge on any atom is -0.338 e. The van der Waals surface area contributed by atoms with Crippen LogP contribution < -0.4 is 0 Å². The van der Waals surface area contributed by atoms with Crippen molar-refractivity contribution in [3.63, 3.8) is 0 Å². The first kappa shape index (κ1) is 23.6. The molecule has 4 heterocycles. The highest BCUT2D eigenvalue weighted by atomic mass is 32.1. The Labute approximate surface area is 194 Å². The number of nitrogens with zero attached hydrogens (tertiary/aromatic N) is 7. The first-order valence-corrected chi connectivity index (χ1v) is 10.8. The molecule has 0 saturated heterocycles. The zero-order valence-corrected chi connectivity index (χ0v) is 19.1. The van der Waals surface area contributed by atoms with Gasteiger partial charge in [-0.05, 0) is 43.9 Å². The van der Waals surface area contributed by atoms with Gasteiger partial charge in [-0.15, -0.1) is 5.10 Å². The quantitative estimate of drug-likeness (QED) is 0.420. The Morgan fingerprint density at radius 3 is 2.50 bits per heavy atom. The molecule has 0 bridgehead atoms. The van der Waals surface area contributed by atoms with Gasteiger partial charge >= 0.3 is 17.7 Å². The van der Waals surface area contributed by atoms with Crippen LogP contribution in [-0.2, 0) is 30.5 Å². The number of alkyl halides is 3. The molecular formula is C20H18F3N7O3S. The molecule has 1 aliphatic carbocycles. The lowest BCUT2D eigenvalue weighted by molar-refractivity contribution is -0.166. The number of pyridine rings is 1. The number of aryl methyl sites for hydroxylation is 3. The largest absolute Gasteiger partial charge is 0.403 e. The van der Waals surface area contributed by atoms with E-state index in [-0.39, 0.29) is 24.6 Å². The summed E-state index contributed by atoms with van der Waals surface area (Å²) in [5, 5.41) is 12.1. The normalized spacial score (nSPS) is 14.5. The molecule has 5 rings (SSSR count). The van der Waals surface area contributed by atoms with E-state index in [4.69, 9.17) is 12.9 Å². The maximum Gasteiger partial charge on any atom is 0.403 e. The van der Waals surface area contributed by atoms with E-state index in [2.05, 4.69) is 30.3 Å². The second-order valence-electron chi connectivity index (χ2n) is 7.85. The molecule has 4 aromatic rings. The molecule has 10 nitrogen and oxygen atoms in total. The molecule has 1 saturated carbocycles. The predicted octanol–water partition coefficient (Wildman–Crippen LogP) is 3.27. The molecule has 0 spiro atoms. The van der Waals surface area contributed by atoms with Crippen molar-refractivity contribution in [2.75, 3.05) is 0 Å². The fourth-order valence-corrected chi connectivity index (χ4v) is 3.67. The minimum atomic E-state index is -4.41. The van der Waals surface area contributed by atoms with Crippen LogP contribution in [0.4, 0.5) is 13.2 Å². The van der Waals surface area contributed by atoms with Crippen molar-refractivity contribution in [1.82, 2.24) is 34.9 Å². The number of rotatable bonds is 4. The minimum absolute atomic E-state index is 0.0371. The van der Waals surface area contributed by atoms with Crippen LogP contribution in [0.3, 0.4) is 0 Å². The molecule has 0 aliphatic heterocycles. The number of imidazole rings is 1. The van der Waals surface area contributed by atoms with E-state index < -0.39 is 23.2 Å². The molecule has 1 fully saturated rings. The number of halogens is 3. The fourth-order valence-electron chi connectivity index (χ4n) is 3.67. The maximum atomic E-state index is 13.3. The fraction of sp³-hybridized carbons (Fsp3) is 0.400. The van der Waals surface area contributed by atoms with Crippen LogP contribution in [0.1, 0.15) is 36.9 Å². The van der Waals surface area contributed by atoms with Gasteiger partial charge < -0.3 is 9.09 Å². The third-order valence-electron chi connectivity index (χ3n) is 5.68. The van der Waals surface area contributed by atoms with E-state index in [9.17, 15) is 13.2 Å². The summed E-state index contributed by atoms with van der Waals surface area (Å²) in [4.78, 5) is 13.2. The second kappa shape index (κ2) is 8.66. The topological polar surface area (TPSA) is 130 Å². The molecule has 0 amide bonds. The number of fused-ring (bicyclic) bond motifs is 1. The zero-order chi connectivity index (χ0) is 24.7. The van der Waals surface area contributed by atoms with Crippen LogP contribution >= 0.6 is 0 Å². The molecule has 0 aromatic carbocycles. The van der Waals surface area contributed by atoms with Crippen LogP contribution in [0, 0.1) is 6.92 Å². The monoisotopic (exact) mass is 493 g/mol. The van der Waals surface area contributed by atoms with Gasteiger partial charge in [0.05, 0.1) is 5.69 Å². The van der Waals surface area contributed by atoms with Gasteiger partial charge in [0.25, 0.3) is 0 Å². The van der Waals surface area contributed by atoms with Crippen LogP contribution in [0.2, 0.25) is 0 Å². The molecule has 34 heavy (non-hydrogen) atoms. The summed E-state index contributed by atoms with van der Waals surface area (Å²) in [7, 11) is 1.83. The van der Waals surface area contributed by atoms with Crippen molar-refractivity contribution < 1.29 is 26.1 Å². The number of hydrogen-bond donors (Lipinski definition) is 0. The van der Waals surface area contributed by atoms with Gasteiger partial charge in [-0.3, -0.25) is 4.98 Å².